The molecule has 1 aliphatic carbocycles. The van der Waals surface area contributed by atoms with Gasteiger partial charge in [0.2, 0.25) is 0 Å². The van der Waals surface area contributed by atoms with Gasteiger partial charge in [-0.25, -0.2) is 8.42 Å². The number of hydrogen-bond donors (Lipinski definition) is 3. The van der Waals surface area contributed by atoms with E-state index in [1.807, 2.05) is 0 Å². The third kappa shape index (κ3) is 4.05. The molecule has 0 saturated heterocycles. The van der Waals surface area contributed by atoms with Gasteiger partial charge in [0.05, 0.1) is 12.0 Å². The predicted octanol–water partition coefficient (Wildman–Crippen LogP) is 2.68. The van der Waals surface area contributed by atoms with Crippen LogP contribution in [0.4, 0.5) is 5.69 Å². The lowest BCUT2D eigenvalue weighted by molar-refractivity contribution is -0.139. The van der Waals surface area contributed by atoms with Gasteiger partial charge in [-0.15, -0.1) is 11.3 Å². The van der Waals surface area contributed by atoms with Gasteiger partial charge >= 0.3 is 5.97 Å². The number of carboxylic acid groups (broad SMARTS) is 1. The number of carbonyl (C=O) groups is 2. The average Bonchev–Trinajstić information content (AvgIpc) is 3.07. The lowest BCUT2D eigenvalue weighted by Gasteiger charge is -2.41. The predicted molar refractivity (Wildman–Crippen MR) is 97.9 cm³/mol. The van der Waals surface area contributed by atoms with Crippen molar-refractivity contribution in [3.05, 3.63) is 47.3 Å². The molecule has 0 spiro atoms. The largest absolute Gasteiger partial charge is 0.481 e. The maximum Gasteiger partial charge on any atom is 0.305 e. The molecule has 0 unspecified atom stereocenters. The first-order valence-electron chi connectivity index (χ1n) is 8.00. The molecule has 3 rings (SSSR count). The first-order valence-corrected chi connectivity index (χ1v) is 10.4. The number of rotatable bonds is 7. The molecule has 1 fully saturated rings. The van der Waals surface area contributed by atoms with E-state index >= 15 is 0 Å². The summed E-state index contributed by atoms with van der Waals surface area (Å²) in [6.45, 7) is 0. The second-order valence-corrected chi connectivity index (χ2v) is 9.13. The third-order valence-electron chi connectivity index (χ3n) is 4.32. The number of carbonyl (C=O) groups excluding carboxylic acids is 1. The first-order chi connectivity index (χ1) is 12.3. The molecule has 138 valence electrons. The number of benzene rings is 1. The quantitative estimate of drug-likeness (QED) is 0.668. The van der Waals surface area contributed by atoms with Crippen LogP contribution in [0.2, 0.25) is 0 Å². The maximum atomic E-state index is 12.5. The zero-order valence-electron chi connectivity index (χ0n) is 13.8. The molecular formula is C17H18N2O5S2. The van der Waals surface area contributed by atoms with Crippen molar-refractivity contribution in [2.45, 2.75) is 35.4 Å². The molecule has 1 amide bonds. The fraction of sp³-hybridized carbons (Fsp3) is 0.294. The van der Waals surface area contributed by atoms with E-state index in [2.05, 4.69) is 10.0 Å². The Morgan fingerprint density at radius 2 is 1.96 bits per heavy atom. The molecular weight excluding hydrogens is 376 g/mol. The molecule has 1 saturated carbocycles. The van der Waals surface area contributed by atoms with Crippen LogP contribution in [0.15, 0.2) is 46.0 Å². The summed E-state index contributed by atoms with van der Waals surface area (Å²) in [6, 6.07) is 9.27. The Balaban J connectivity index is 1.75. The van der Waals surface area contributed by atoms with Gasteiger partial charge in [-0.05, 0) is 48.9 Å². The molecule has 1 aromatic heterocycles. The molecule has 0 bridgehead atoms. The fourth-order valence-corrected chi connectivity index (χ4v) is 4.94. The SMILES string of the molecule is O=C(O)CC1(NC(=O)c2cccc(NS(=O)(=O)c3cccs3)c2)CCC1. The van der Waals surface area contributed by atoms with Gasteiger partial charge in [0.1, 0.15) is 4.21 Å². The van der Waals surface area contributed by atoms with Crippen LogP contribution in [0.5, 0.6) is 0 Å². The molecule has 7 nitrogen and oxygen atoms in total. The summed E-state index contributed by atoms with van der Waals surface area (Å²) in [7, 11) is -3.70. The van der Waals surface area contributed by atoms with E-state index in [-0.39, 0.29) is 21.9 Å². The number of sulfonamides is 1. The standard InChI is InChI=1S/C17H18N2O5S2/c20-14(21)11-17(7-3-8-17)18-16(22)12-4-1-5-13(10-12)19-26(23,24)15-6-2-9-25-15/h1-2,4-6,9-10,19H,3,7-8,11H2,(H,18,22)(H,20,21). The van der Waals surface area contributed by atoms with Crippen LogP contribution in [0.3, 0.4) is 0 Å². The van der Waals surface area contributed by atoms with E-state index < -0.39 is 27.4 Å². The Morgan fingerprint density at radius 3 is 2.54 bits per heavy atom. The van der Waals surface area contributed by atoms with E-state index in [1.165, 1.54) is 12.1 Å². The minimum atomic E-state index is -3.70. The summed E-state index contributed by atoms with van der Waals surface area (Å²) in [5.74, 6) is -1.37. The topological polar surface area (TPSA) is 113 Å². The summed E-state index contributed by atoms with van der Waals surface area (Å²) in [5.41, 5.74) is -0.171. The Hall–Kier alpha value is -2.39. The molecule has 2 aromatic rings. The number of amides is 1. The van der Waals surface area contributed by atoms with Gasteiger partial charge in [-0.2, -0.15) is 0 Å². The van der Waals surface area contributed by atoms with Crippen LogP contribution in [0, 0.1) is 0 Å². The van der Waals surface area contributed by atoms with Gasteiger partial charge < -0.3 is 10.4 Å². The number of thiophene rings is 1. The van der Waals surface area contributed by atoms with Gasteiger partial charge in [-0.1, -0.05) is 12.1 Å². The third-order valence-corrected chi connectivity index (χ3v) is 7.09. The average molecular weight is 394 g/mol. The van der Waals surface area contributed by atoms with Gasteiger partial charge in [0.15, 0.2) is 0 Å². The van der Waals surface area contributed by atoms with Crippen molar-refractivity contribution in [3.63, 3.8) is 0 Å². The zero-order chi connectivity index (χ0) is 18.8. The van der Waals surface area contributed by atoms with E-state index in [4.69, 9.17) is 5.11 Å². The molecule has 0 atom stereocenters. The molecule has 1 heterocycles. The molecule has 1 aliphatic rings. The highest BCUT2D eigenvalue weighted by Crippen LogP contribution is 2.35. The smallest absolute Gasteiger partial charge is 0.305 e. The number of anilines is 1. The fourth-order valence-electron chi connectivity index (χ4n) is 2.90. The van der Waals surface area contributed by atoms with Crippen molar-refractivity contribution in [1.82, 2.24) is 5.32 Å². The molecule has 0 radical (unpaired) electrons. The molecule has 9 heteroatoms. The van der Waals surface area contributed by atoms with Crippen molar-refractivity contribution in [2.24, 2.45) is 0 Å². The van der Waals surface area contributed by atoms with Gasteiger partial charge in [0, 0.05) is 11.3 Å². The van der Waals surface area contributed by atoms with Crippen LogP contribution in [0.1, 0.15) is 36.0 Å². The summed E-state index contributed by atoms with van der Waals surface area (Å²) in [6.07, 6.45) is 1.99. The normalized spacial score (nSPS) is 15.7. The van der Waals surface area contributed by atoms with Gasteiger partial charge in [-0.3, -0.25) is 14.3 Å². The molecule has 26 heavy (non-hydrogen) atoms. The summed E-state index contributed by atoms with van der Waals surface area (Å²) < 4.78 is 27.2. The van der Waals surface area contributed by atoms with Crippen LogP contribution >= 0.6 is 11.3 Å². The molecule has 0 aliphatic heterocycles. The summed E-state index contributed by atoms with van der Waals surface area (Å²) in [4.78, 5) is 23.5. The molecule has 3 N–H and O–H groups in total. The van der Waals surface area contributed by atoms with E-state index in [1.54, 1.807) is 29.6 Å². The lowest BCUT2D eigenvalue weighted by atomic mass is 9.74. The zero-order valence-corrected chi connectivity index (χ0v) is 15.4. The van der Waals surface area contributed by atoms with Crippen LogP contribution < -0.4 is 10.0 Å². The number of aliphatic carboxylic acids is 1. The van der Waals surface area contributed by atoms with E-state index in [9.17, 15) is 18.0 Å². The Labute approximate surface area is 155 Å². The first kappa shape index (κ1) is 18.4. The number of nitrogens with one attached hydrogen (secondary N) is 2. The Morgan fingerprint density at radius 1 is 1.19 bits per heavy atom. The monoisotopic (exact) mass is 394 g/mol. The highest BCUT2D eigenvalue weighted by atomic mass is 32.2. The summed E-state index contributed by atoms with van der Waals surface area (Å²) in [5, 5.41) is 13.5. The number of carboxylic acids is 1. The lowest BCUT2D eigenvalue weighted by Crippen LogP contribution is -2.54. The van der Waals surface area contributed by atoms with Crippen molar-refractivity contribution >= 4 is 38.9 Å². The van der Waals surface area contributed by atoms with Crippen LogP contribution in [-0.2, 0) is 14.8 Å². The Kier molecular flexibility index (Phi) is 5.01. The maximum absolute atomic E-state index is 12.5. The molecule has 1 aromatic carbocycles. The van der Waals surface area contributed by atoms with Crippen LogP contribution in [-0.4, -0.2) is 30.9 Å². The van der Waals surface area contributed by atoms with Crippen molar-refractivity contribution in [3.8, 4) is 0 Å². The minimum absolute atomic E-state index is 0.122. The van der Waals surface area contributed by atoms with Crippen molar-refractivity contribution in [2.75, 3.05) is 4.72 Å². The highest BCUT2D eigenvalue weighted by molar-refractivity contribution is 7.94. The van der Waals surface area contributed by atoms with Gasteiger partial charge in [0.25, 0.3) is 15.9 Å². The van der Waals surface area contributed by atoms with Crippen molar-refractivity contribution in [1.29, 1.82) is 0 Å². The van der Waals surface area contributed by atoms with E-state index in [0.29, 0.717) is 12.8 Å². The highest BCUT2D eigenvalue weighted by Gasteiger charge is 2.40. The second kappa shape index (κ2) is 7.08. The number of hydrogen-bond acceptors (Lipinski definition) is 5. The van der Waals surface area contributed by atoms with E-state index in [0.717, 1.165) is 17.8 Å². The Bertz CT molecular complexity index is 918. The minimum Gasteiger partial charge on any atom is -0.481 e. The second-order valence-electron chi connectivity index (χ2n) is 6.28. The van der Waals surface area contributed by atoms with Crippen molar-refractivity contribution < 1.29 is 23.1 Å². The summed E-state index contributed by atoms with van der Waals surface area (Å²) >= 11 is 1.10. The van der Waals surface area contributed by atoms with Crippen LogP contribution in [0.25, 0.3) is 0 Å².